The van der Waals surface area contributed by atoms with Gasteiger partial charge in [0, 0.05) is 24.3 Å². The van der Waals surface area contributed by atoms with E-state index in [4.69, 9.17) is 0 Å². The van der Waals surface area contributed by atoms with E-state index in [0.29, 0.717) is 23.8 Å². The molecule has 0 aromatic carbocycles. The van der Waals surface area contributed by atoms with Gasteiger partial charge in [0.05, 0.1) is 0 Å². The van der Waals surface area contributed by atoms with E-state index in [0.717, 1.165) is 24.2 Å². The number of hydrogen-bond acceptors (Lipinski definition) is 1. The molecule has 92 valence electrons. The lowest BCUT2D eigenvalue weighted by Crippen LogP contribution is -2.45. The van der Waals surface area contributed by atoms with Gasteiger partial charge in [-0.15, -0.1) is 0 Å². The van der Waals surface area contributed by atoms with Gasteiger partial charge in [0.2, 0.25) is 5.91 Å². The van der Waals surface area contributed by atoms with Gasteiger partial charge in [-0.25, -0.2) is 0 Å². The normalized spacial score (nSPS) is 40.4. The largest absolute Gasteiger partial charge is 0.339 e. The van der Waals surface area contributed by atoms with Crippen molar-refractivity contribution >= 4 is 21.8 Å². The van der Waals surface area contributed by atoms with Crippen LogP contribution >= 0.6 is 15.9 Å². The minimum Gasteiger partial charge on any atom is -0.339 e. The number of carbonyl (C=O) groups excluding carboxylic acids is 1. The molecule has 2 nitrogen and oxygen atoms in total. The van der Waals surface area contributed by atoms with Crippen LogP contribution in [0.4, 0.5) is 0 Å². The van der Waals surface area contributed by atoms with Crippen molar-refractivity contribution in [2.24, 2.45) is 17.8 Å². The molecule has 0 aromatic rings. The Labute approximate surface area is 107 Å². The summed E-state index contributed by atoms with van der Waals surface area (Å²) in [4.78, 5) is 14.2. The smallest absolute Gasteiger partial charge is 0.223 e. The Kier molecular flexibility index (Phi) is 3.93. The molecular formula is C13H22BrNO. The number of hydrogen-bond donors (Lipinski definition) is 0. The highest BCUT2D eigenvalue weighted by molar-refractivity contribution is 9.09. The standard InChI is InChI=1S/C13H22BrNO/c1-9-4-3-5-12(10(9)2)15-8-11(7-14)6-13(15)16/h9-12H,3-8H2,1-2H3. The number of rotatable bonds is 2. The van der Waals surface area contributed by atoms with Crippen LogP contribution in [0.3, 0.4) is 0 Å². The molecule has 0 spiro atoms. The van der Waals surface area contributed by atoms with Crippen LogP contribution in [-0.4, -0.2) is 28.7 Å². The maximum absolute atomic E-state index is 12.0. The SMILES string of the molecule is CC1CCCC(N2CC(CBr)CC2=O)C1C. The van der Waals surface area contributed by atoms with E-state index in [2.05, 4.69) is 34.7 Å². The molecular weight excluding hydrogens is 266 g/mol. The summed E-state index contributed by atoms with van der Waals surface area (Å²) in [6.45, 7) is 5.63. The highest BCUT2D eigenvalue weighted by Crippen LogP contribution is 2.35. The van der Waals surface area contributed by atoms with Crippen LogP contribution < -0.4 is 0 Å². The maximum atomic E-state index is 12.0. The lowest BCUT2D eigenvalue weighted by molar-refractivity contribution is -0.131. The second-order valence-electron chi connectivity index (χ2n) is 5.61. The number of amides is 1. The number of halogens is 1. The van der Waals surface area contributed by atoms with Crippen LogP contribution in [0.1, 0.15) is 39.5 Å². The molecule has 1 aliphatic carbocycles. The Morgan fingerprint density at radius 3 is 2.75 bits per heavy atom. The molecule has 2 aliphatic rings. The summed E-state index contributed by atoms with van der Waals surface area (Å²) in [5.41, 5.74) is 0. The van der Waals surface area contributed by atoms with E-state index in [1.165, 1.54) is 19.3 Å². The maximum Gasteiger partial charge on any atom is 0.223 e. The third-order valence-electron chi connectivity index (χ3n) is 4.52. The molecule has 2 fully saturated rings. The molecule has 1 aliphatic heterocycles. The summed E-state index contributed by atoms with van der Waals surface area (Å²) in [7, 11) is 0. The molecule has 0 aromatic heterocycles. The van der Waals surface area contributed by atoms with E-state index < -0.39 is 0 Å². The van der Waals surface area contributed by atoms with Gasteiger partial charge < -0.3 is 4.90 Å². The fraction of sp³-hybridized carbons (Fsp3) is 0.923. The molecule has 1 heterocycles. The Balaban J connectivity index is 2.04. The van der Waals surface area contributed by atoms with Crippen molar-refractivity contribution in [2.75, 3.05) is 11.9 Å². The van der Waals surface area contributed by atoms with Gasteiger partial charge >= 0.3 is 0 Å². The second-order valence-corrected chi connectivity index (χ2v) is 6.25. The zero-order chi connectivity index (χ0) is 11.7. The number of carbonyl (C=O) groups is 1. The fourth-order valence-electron chi connectivity index (χ4n) is 3.23. The summed E-state index contributed by atoms with van der Waals surface area (Å²) in [6.07, 6.45) is 4.59. The van der Waals surface area contributed by atoms with Crippen LogP contribution in [0.15, 0.2) is 0 Å². The van der Waals surface area contributed by atoms with Crippen molar-refractivity contribution in [3.63, 3.8) is 0 Å². The van der Waals surface area contributed by atoms with Gasteiger partial charge in [-0.05, 0) is 24.2 Å². The number of nitrogens with zero attached hydrogens (tertiary/aromatic N) is 1. The van der Waals surface area contributed by atoms with Gasteiger partial charge in [-0.3, -0.25) is 4.79 Å². The first-order valence-corrected chi connectivity index (χ1v) is 7.61. The van der Waals surface area contributed by atoms with E-state index >= 15 is 0 Å². The van der Waals surface area contributed by atoms with Gasteiger partial charge in [0.25, 0.3) is 0 Å². The third kappa shape index (κ3) is 2.29. The lowest BCUT2D eigenvalue weighted by Gasteiger charge is -2.40. The Bertz CT molecular complexity index is 269. The van der Waals surface area contributed by atoms with Crippen LogP contribution in [0.25, 0.3) is 0 Å². The molecule has 1 saturated heterocycles. The molecule has 16 heavy (non-hydrogen) atoms. The minimum atomic E-state index is 0.385. The highest BCUT2D eigenvalue weighted by Gasteiger charge is 2.38. The first-order chi connectivity index (χ1) is 7.63. The minimum absolute atomic E-state index is 0.385. The van der Waals surface area contributed by atoms with Crippen LogP contribution in [0.2, 0.25) is 0 Å². The molecule has 0 bridgehead atoms. The molecule has 2 rings (SSSR count). The zero-order valence-electron chi connectivity index (χ0n) is 10.3. The average Bonchev–Trinajstić information content (AvgIpc) is 2.64. The van der Waals surface area contributed by atoms with Crippen LogP contribution in [0, 0.1) is 17.8 Å². The van der Waals surface area contributed by atoms with E-state index in [1.807, 2.05) is 0 Å². The summed E-state index contributed by atoms with van der Waals surface area (Å²) in [5, 5.41) is 0.964. The van der Waals surface area contributed by atoms with E-state index in [1.54, 1.807) is 0 Å². The van der Waals surface area contributed by atoms with Gasteiger partial charge in [-0.1, -0.05) is 42.6 Å². The van der Waals surface area contributed by atoms with Crippen molar-refractivity contribution in [2.45, 2.75) is 45.6 Å². The summed E-state index contributed by atoms with van der Waals surface area (Å²) in [5.74, 6) is 2.37. The third-order valence-corrected chi connectivity index (χ3v) is 5.44. The van der Waals surface area contributed by atoms with Gasteiger partial charge in [0.15, 0.2) is 0 Å². The lowest BCUT2D eigenvalue weighted by atomic mass is 9.77. The van der Waals surface area contributed by atoms with Gasteiger partial charge in [-0.2, -0.15) is 0 Å². The molecule has 4 unspecified atom stereocenters. The highest BCUT2D eigenvalue weighted by atomic mass is 79.9. The van der Waals surface area contributed by atoms with Crippen molar-refractivity contribution in [3.05, 3.63) is 0 Å². The van der Waals surface area contributed by atoms with Crippen molar-refractivity contribution in [3.8, 4) is 0 Å². The van der Waals surface area contributed by atoms with Crippen molar-refractivity contribution in [1.29, 1.82) is 0 Å². The summed E-state index contributed by atoms with van der Waals surface area (Å²) in [6, 6.07) is 0.514. The quantitative estimate of drug-likeness (QED) is 0.715. The van der Waals surface area contributed by atoms with Crippen molar-refractivity contribution in [1.82, 2.24) is 4.90 Å². The zero-order valence-corrected chi connectivity index (χ0v) is 11.9. The Hall–Kier alpha value is -0.0500. The molecule has 0 N–H and O–H groups in total. The monoisotopic (exact) mass is 287 g/mol. The fourth-order valence-corrected chi connectivity index (χ4v) is 3.66. The molecule has 0 radical (unpaired) electrons. The van der Waals surface area contributed by atoms with Gasteiger partial charge in [0.1, 0.15) is 0 Å². The van der Waals surface area contributed by atoms with Crippen LogP contribution in [0.5, 0.6) is 0 Å². The summed E-state index contributed by atoms with van der Waals surface area (Å²) >= 11 is 3.50. The number of alkyl halides is 1. The first kappa shape index (κ1) is 12.4. The van der Waals surface area contributed by atoms with Crippen molar-refractivity contribution < 1.29 is 4.79 Å². The Morgan fingerprint density at radius 1 is 1.38 bits per heavy atom. The molecule has 4 atom stereocenters. The molecule has 1 amide bonds. The molecule has 3 heteroatoms. The number of likely N-dealkylation sites (tertiary alicyclic amines) is 1. The first-order valence-electron chi connectivity index (χ1n) is 6.49. The molecule has 1 saturated carbocycles. The summed E-state index contributed by atoms with van der Waals surface area (Å²) < 4.78 is 0. The topological polar surface area (TPSA) is 20.3 Å². The second kappa shape index (κ2) is 5.07. The predicted octanol–water partition coefficient (Wildman–Crippen LogP) is 3.05. The predicted molar refractivity (Wildman–Crippen MR) is 69.6 cm³/mol. The van der Waals surface area contributed by atoms with E-state index in [-0.39, 0.29) is 0 Å². The van der Waals surface area contributed by atoms with E-state index in [9.17, 15) is 4.79 Å². The van der Waals surface area contributed by atoms with Crippen LogP contribution in [-0.2, 0) is 4.79 Å². The Morgan fingerprint density at radius 2 is 2.12 bits per heavy atom. The average molecular weight is 288 g/mol.